The van der Waals surface area contributed by atoms with Gasteiger partial charge in [-0.2, -0.15) is 0 Å². The highest BCUT2D eigenvalue weighted by molar-refractivity contribution is 7.92. The zero-order valence-electron chi connectivity index (χ0n) is 16.4. The molecular formula is C19H32N2O3S. The van der Waals surface area contributed by atoms with Crippen LogP contribution in [0.25, 0.3) is 0 Å². The molecule has 25 heavy (non-hydrogen) atoms. The Morgan fingerprint density at radius 2 is 1.72 bits per heavy atom. The van der Waals surface area contributed by atoms with Gasteiger partial charge in [-0.05, 0) is 23.5 Å². The van der Waals surface area contributed by atoms with Gasteiger partial charge in [0.1, 0.15) is 0 Å². The lowest BCUT2D eigenvalue weighted by Crippen LogP contribution is -2.36. The molecule has 6 heteroatoms. The smallest absolute Gasteiger partial charge is 0.232 e. The van der Waals surface area contributed by atoms with Crippen LogP contribution in [-0.4, -0.2) is 45.6 Å². The van der Waals surface area contributed by atoms with E-state index in [1.807, 2.05) is 24.3 Å². The topological polar surface area (TPSA) is 57.7 Å². The third kappa shape index (κ3) is 6.34. The summed E-state index contributed by atoms with van der Waals surface area (Å²) in [5.74, 6) is -0.0321. The molecule has 1 rings (SSSR count). The summed E-state index contributed by atoms with van der Waals surface area (Å²) in [6.45, 7) is 9.09. The second kappa shape index (κ2) is 8.70. The molecule has 0 bridgehead atoms. The summed E-state index contributed by atoms with van der Waals surface area (Å²) in [7, 11) is -1.71. The molecule has 1 amide bonds. The van der Waals surface area contributed by atoms with Gasteiger partial charge in [0.05, 0.1) is 11.9 Å². The van der Waals surface area contributed by atoms with Crippen molar-refractivity contribution in [1.29, 1.82) is 0 Å². The number of amides is 1. The molecule has 5 nitrogen and oxygen atoms in total. The van der Waals surface area contributed by atoms with E-state index in [1.54, 1.807) is 11.9 Å². The van der Waals surface area contributed by atoms with E-state index in [2.05, 4.69) is 27.7 Å². The zero-order chi connectivity index (χ0) is 19.3. The molecule has 0 fully saturated rings. The first-order chi connectivity index (χ1) is 11.5. The third-order valence-electron chi connectivity index (χ3n) is 4.18. The van der Waals surface area contributed by atoms with Gasteiger partial charge in [0, 0.05) is 26.6 Å². The van der Waals surface area contributed by atoms with Crippen LogP contribution in [0.4, 0.5) is 5.69 Å². The van der Waals surface area contributed by atoms with Gasteiger partial charge in [-0.1, -0.05) is 52.3 Å². The molecule has 1 aromatic carbocycles. The summed E-state index contributed by atoms with van der Waals surface area (Å²) in [5.41, 5.74) is 1.41. The highest BCUT2D eigenvalue weighted by atomic mass is 32.2. The van der Waals surface area contributed by atoms with Crippen molar-refractivity contribution < 1.29 is 13.2 Å². The van der Waals surface area contributed by atoms with E-state index >= 15 is 0 Å². The molecule has 0 heterocycles. The molecule has 0 aliphatic carbocycles. The number of benzene rings is 1. The molecule has 0 spiro atoms. The predicted octanol–water partition coefficient (Wildman–Crippen LogP) is 3.40. The molecular weight excluding hydrogens is 336 g/mol. The van der Waals surface area contributed by atoms with Crippen molar-refractivity contribution in [1.82, 2.24) is 4.90 Å². The molecule has 0 aromatic heterocycles. The highest BCUT2D eigenvalue weighted by Crippen LogP contribution is 2.33. The zero-order valence-corrected chi connectivity index (χ0v) is 17.2. The SMILES string of the molecule is CCCCN(C)C(=O)CCN(c1ccccc1C(C)(C)C)S(C)(=O)=O. The molecule has 0 atom stereocenters. The first kappa shape index (κ1) is 21.5. The average Bonchev–Trinajstić information content (AvgIpc) is 2.50. The van der Waals surface area contributed by atoms with Gasteiger partial charge in [-0.3, -0.25) is 9.10 Å². The molecule has 1 aromatic rings. The van der Waals surface area contributed by atoms with Crippen LogP contribution in [0.1, 0.15) is 52.5 Å². The normalized spacial score (nSPS) is 12.1. The lowest BCUT2D eigenvalue weighted by atomic mass is 9.86. The fraction of sp³-hybridized carbons (Fsp3) is 0.632. The van der Waals surface area contributed by atoms with Crippen LogP contribution in [0.3, 0.4) is 0 Å². The minimum absolute atomic E-state index is 0.0321. The Labute approximate surface area is 153 Å². The van der Waals surface area contributed by atoms with Crippen molar-refractivity contribution in [3.05, 3.63) is 29.8 Å². The lowest BCUT2D eigenvalue weighted by Gasteiger charge is -2.30. The summed E-state index contributed by atoms with van der Waals surface area (Å²) in [6.07, 6.45) is 3.33. The Bertz CT molecular complexity index is 678. The third-order valence-corrected chi connectivity index (χ3v) is 5.36. The molecule has 0 aliphatic rings. The minimum Gasteiger partial charge on any atom is -0.346 e. The number of unbranched alkanes of at least 4 members (excludes halogenated alkanes) is 1. The maximum absolute atomic E-state index is 12.4. The number of carbonyl (C=O) groups is 1. The highest BCUT2D eigenvalue weighted by Gasteiger charge is 2.26. The second-order valence-electron chi connectivity index (χ2n) is 7.52. The molecule has 0 saturated heterocycles. The van der Waals surface area contributed by atoms with Gasteiger partial charge in [-0.15, -0.1) is 0 Å². The van der Waals surface area contributed by atoms with Gasteiger partial charge in [0.2, 0.25) is 15.9 Å². The van der Waals surface area contributed by atoms with Crippen molar-refractivity contribution in [3.8, 4) is 0 Å². The van der Waals surface area contributed by atoms with Gasteiger partial charge < -0.3 is 4.90 Å². The Balaban J connectivity index is 3.04. The quantitative estimate of drug-likeness (QED) is 0.707. The predicted molar refractivity (Wildman–Crippen MR) is 104 cm³/mol. The summed E-state index contributed by atoms with van der Waals surface area (Å²) in [5, 5.41) is 0. The fourth-order valence-electron chi connectivity index (χ4n) is 2.70. The van der Waals surface area contributed by atoms with Crippen molar-refractivity contribution in [3.63, 3.8) is 0 Å². The van der Waals surface area contributed by atoms with E-state index in [-0.39, 0.29) is 24.3 Å². The van der Waals surface area contributed by atoms with Crippen LogP contribution < -0.4 is 4.31 Å². The number of nitrogens with zero attached hydrogens (tertiary/aromatic N) is 2. The molecule has 0 radical (unpaired) electrons. The number of rotatable bonds is 8. The number of para-hydroxylation sites is 1. The van der Waals surface area contributed by atoms with Crippen molar-refractivity contribution >= 4 is 21.6 Å². The Hall–Kier alpha value is -1.56. The Morgan fingerprint density at radius 3 is 2.24 bits per heavy atom. The maximum Gasteiger partial charge on any atom is 0.232 e. The number of carbonyl (C=O) groups excluding carboxylic acids is 1. The minimum atomic E-state index is -3.48. The Kier molecular flexibility index (Phi) is 7.47. The first-order valence-corrected chi connectivity index (χ1v) is 10.6. The van der Waals surface area contributed by atoms with Gasteiger partial charge in [0.25, 0.3) is 0 Å². The number of hydrogen-bond donors (Lipinski definition) is 0. The second-order valence-corrected chi connectivity index (χ2v) is 9.43. The van der Waals surface area contributed by atoms with Gasteiger partial charge in [-0.25, -0.2) is 8.42 Å². The summed E-state index contributed by atoms with van der Waals surface area (Å²) < 4.78 is 26.1. The van der Waals surface area contributed by atoms with E-state index < -0.39 is 10.0 Å². The van der Waals surface area contributed by atoms with Crippen LogP contribution in [0, 0.1) is 0 Å². The molecule has 142 valence electrons. The van der Waals surface area contributed by atoms with Crippen LogP contribution in [-0.2, 0) is 20.2 Å². The van der Waals surface area contributed by atoms with Crippen LogP contribution in [0.5, 0.6) is 0 Å². The molecule has 0 unspecified atom stereocenters. The molecule has 0 N–H and O–H groups in total. The van der Waals surface area contributed by atoms with E-state index in [0.717, 1.165) is 18.4 Å². The number of anilines is 1. The van der Waals surface area contributed by atoms with Crippen LogP contribution in [0.15, 0.2) is 24.3 Å². The van der Waals surface area contributed by atoms with E-state index in [1.165, 1.54) is 10.6 Å². The van der Waals surface area contributed by atoms with Crippen molar-refractivity contribution in [2.75, 3.05) is 30.7 Å². The van der Waals surface area contributed by atoms with Crippen molar-refractivity contribution in [2.24, 2.45) is 0 Å². The van der Waals surface area contributed by atoms with Crippen molar-refractivity contribution in [2.45, 2.75) is 52.4 Å². The van der Waals surface area contributed by atoms with E-state index in [9.17, 15) is 13.2 Å². The maximum atomic E-state index is 12.4. The number of sulfonamides is 1. The first-order valence-electron chi connectivity index (χ1n) is 8.79. The van der Waals surface area contributed by atoms with Gasteiger partial charge >= 0.3 is 0 Å². The average molecular weight is 369 g/mol. The van der Waals surface area contributed by atoms with Gasteiger partial charge in [0.15, 0.2) is 0 Å². The largest absolute Gasteiger partial charge is 0.346 e. The number of hydrogen-bond acceptors (Lipinski definition) is 3. The Morgan fingerprint density at radius 1 is 1.12 bits per heavy atom. The molecule has 0 saturated carbocycles. The lowest BCUT2D eigenvalue weighted by molar-refractivity contribution is -0.129. The fourth-order valence-corrected chi connectivity index (χ4v) is 3.64. The summed E-state index contributed by atoms with van der Waals surface area (Å²) in [6, 6.07) is 7.50. The molecule has 0 aliphatic heterocycles. The summed E-state index contributed by atoms with van der Waals surface area (Å²) >= 11 is 0. The monoisotopic (exact) mass is 368 g/mol. The van der Waals surface area contributed by atoms with Crippen LogP contribution in [0.2, 0.25) is 0 Å². The van der Waals surface area contributed by atoms with E-state index in [0.29, 0.717) is 12.2 Å². The standard InChI is InChI=1S/C19H32N2O3S/c1-7-8-14-20(5)18(22)13-15-21(25(6,23)24)17-12-10-9-11-16(17)19(2,3)4/h9-12H,7-8,13-15H2,1-6H3. The van der Waals surface area contributed by atoms with Crippen LogP contribution >= 0.6 is 0 Å². The van der Waals surface area contributed by atoms with E-state index in [4.69, 9.17) is 0 Å². The summed E-state index contributed by atoms with van der Waals surface area (Å²) in [4.78, 5) is 14.0.